The van der Waals surface area contributed by atoms with Gasteiger partial charge in [0.1, 0.15) is 0 Å². The van der Waals surface area contributed by atoms with E-state index in [1.165, 1.54) is 83.1 Å². The minimum atomic E-state index is -0.306. The summed E-state index contributed by atoms with van der Waals surface area (Å²) in [5.74, 6) is -0.306. The summed E-state index contributed by atoms with van der Waals surface area (Å²) < 4.78 is 4.95. The summed E-state index contributed by atoms with van der Waals surface area (Å²) in [7, 11) is 0. The van der Waals surface area contributed by atoms with E-state index in [9.17, 15) is 4.79 Å². The predicted molar refractivity (Wildman–Crippen MR) is 101 cm³/mol. The molecule has 0 amide bonds. The van der Waals surface area contributed by atoms with Crippen molar-refractivity contribution >= 4 is 5.97 Å². The third-order valence-corrected chi connectivity index (χ3v) is 4.07. The Labute approximate surface area is 144 Å². The molecule has 0 atom stereocenters. The first kappa shape index (κ1) is 21.9. The van der Waals surface area contributed by atoms with Crippen molar-refractivity contribution in [2.75, 3.05) is 6.61 Å². The van der Waals surface area contributed by atoms with Gasteiger partial charge in [0.25, 0.3) is 0 Å². The first-order chi connectivity index (χ1) is 11.3. The quantitative estimate of drug-likeness (QED) is 0.128. The molecular formula is C21H38O2. The largest absolute Gasteiger partial charge is 0.463 e. The van der Waals surface area contributed by atoms with Crippen LogP contribution < -0.4 is 0 Å². The molecule has 0 aliphatic heterocycles. The maximum absolute atomic E-state index is 10.8. The van der Waals surface area contributed by atoms with Crippen LogP contribution in [0.4, 0.5) is 0 Å². The van der Waals surface area contributed by atoms with Gasteiger partial charge < -0.3 is 4.74 Å². The molecular weight excluding hydrogens is 284 g/mol. The van der Waals surface area contributed by atoms with E-state index in [4.69, 9.17) is 4.74 Å². The lowest BCUT2D eigenvalue weighted by Crippen LogP contribution is -2.01. The molecule has 0 unspecified atom stereocenters. The van der Waals surface area contributed by atoms with Crippen LogP contribution in [0.1, 0.15) is 96.8 Å². The van der Waals surface area contributed by atoms with Crippen molar-refractivity contribution in [3.63, 3.8) is 0 Å². The Kier molecular flexibility index (Phi) is 18.1. The highest BCUT2D eigenvalue weighted by atomic mass is 16.5. The maximum atomic E-state index is 10.8. The molecule has 0 saturated carbocycles. The molecule has 2 nitrogen and oxygen atoms in total. The Balaban J connectivity index is 3.09. The minimum Gasteiger partial charge on any atom is -0.463 e. The van der Waals surface area contributed by atoms with Crippen LogP contribution >= 0.6 is 0 Å². The number of hydrogen-bond acceptors (Lipinski definition) is 2. The fraction of sp³-hybridized carbons (Fsp3) is 0.762. The van der Waals surface area contributed by atoms with Crippen LogP contribution in [0.2, 0.25) is 0 Å². The van der Waals surface area contributed by atoms with Gasteiger partial charge in [0.15, 0.2) is 0 Å². The predicted octanol–water partition coefficient (Wildman–Crippen LogP) is 6.75. The van der Waals surface area contributed by atoms with Crippen molar-refractivity contribution in [1.29, 1.82) is 0 Å². The van der Waals surface area contributed by atoms with Crippen LogP contribution in [0, 0.1) is 0 Å². The summed E-state index contributed by atoms with van der Waals surface area (Å²) in [5.41, 5.74) is 0. The van der Waals surface area contributed by atoms with Crippen LogP contribution in [-0.4, -0.2) is 12.6 Å². The van der Waals surface area contributed by atoms with Crippen molar-refractivity contribution < 1.29 is 9.53 Å². The molecule has 0 fully saturated rings. The zero-order valence-electron chi connectivity index (χ0n) is 15.4. The fourth-order valence-corrected chi connectivity index (χ4v) is 2.58. The monoisotopic (exact) mass is 322 g/mol. The maximum Gasteiger partial charge on any atom is 0.330 e. The molecule has 0 saturated heterocycles. The van der Waals surface area contributed by atoms with Crippen molar-refractivity contribution in [2.24, 2.45) is 0 Å². The number of rotatable bonds is 17. The molecule has 0 aliphatic carbocycles. The van der Waals surface area contributed by atoms with Crippen LogP contribution in [0.15, 0.2) is 24.8 Å². The molecule has 2 heteroatoms. The van der Waals surface area contributed by atoms with Gasteiger partial charge in [-0.1, -0.05) is 83.4 Å². The zero-order valence-corrected chi connectivity index (χ0v) is 15.4. The summed E-state index contributed by atoms with van der Waals surface area (Å²) in [4.78, 5) is 10.8. The Hall–Kier alpha value is -1.05. The lowest BCUT2D eigenvalue weighted by Gasteiger charge is -2.03. The molecule has 0 aromatic carbocycles. The van der Waals surface area contributed by atoms with Gasteiger partial charge in [-0.2, -0.15) is 0 Å². The topological polar surface area (TPSA) is 26.3 Å². The van der Waals surface area contributed by atoms with Gasteiger partial charge in [0.05, 0.1) is 6.61 Å². The highest BCUT2D eigenvalue weighted by molar-refractivity contribution is 5.81. The first-order valence-corrected chi connectivity index (χ1v) is 9.75. The van der Waals surface area contributed by atoms with Gasteiger partial charge in [-0.25, -0.2) is 4.79 Å². The molecule has 0 aromatic heterocycles. The number of hydrogen-bond donors (Lipinski definition) is 0. The van der Waals surface area contributed by atoms with Gasteiger partial charge in [-0.15, -0.1) is 0 Å². The first-order valence-electron chi connectivity index (χ1n) is 9.75. The Bertz CT molecular complexity index is 294. The van der Waals surface area contributed by atoms with Crippen LogP contribution in [0.5, 0.6) is 0 Å². The molecule has 0 spiro atoms. The number of carbonyl (C=O) groups is 1. The van der Waals surface area contributed by atoms with Crippen LogP contribution in [0.25, 0.3) is 0 Å². The zero-order chi connectivity index (χ0) is 17.0. The molecule has 0 aromatic rings. The third-order valence-electron chi connectivity index (χ3n) is 4.07. The number of esters is 1. The molecule has 0 bridgehead atoms. The average Bonchev–Trinajstić information content (AvgIpc) is 2.57. The second-order valence-electron chi connectivity index (χ2n) is 6.31. The minimum absolute atomic E-state index is 0.306. The van der Waals surface area contributed by atoms with E-state index in [1.807, 2.05) is 0 Å². The second-order valence-corrected chi connectivity index (χ2v) is 6.31. The SMILES string of the molecule is C=CC(=O)OCCCCCCCCCC/C=C/CCCCCC. The molecule has 0 heterocycles. The van der Waals surface area contributed by atoms with Crippen molar-refractivity contribution in [2.45, 2.75) is 96.8 Å². The van der Waals surface area contributed by atoms with Gasteiger partial charge in [-0.3, -0.25) is 0 Å². The van der Waals surface area contributed by atoms with Crippen molar-refractivity contribution in [1.82, 2.24) is 0 Å². The second kappa shape index (κ2) is 19.0. The fourth-order valence-electron chi connectivity index (χ4n) is 2.58. The molecule has 0 N–H and O–H groups in total. The molecule has 0 radical (unpaired) electrons. The van der Waals surface area contributed by atoms with Crippen molar-refractivity contribution in [3.05, 3.63) is 24.8 Å². The van der Waals surface area contributed by atoms with Gasteiger partial charge in [-0.05, 0) is 32.1 Å². The Morgan fingerprint density at radius 3 is 1.78 bits per heavy atom. The van der Waals surface area contributed by atoms with Crippen LogP contribution in [-0.2, 0) is 9.53 Å². The Morgan fingerprint density at radius 1 is 0.783 bits per heavy atom. The summed E-state index contributed by atoms with van der Waals surface area (Å²) >= 11 is 0. The number of carbonyl (C=O) groups excluding carboxylic acids is 1. The van der Waals surface area contributed by atoms with E-state index in [2.05, 4.69) is 25.7 Å². The summed E-state index contributed by atoms with van der Waals surface area (Å²) in [6, 6.07) is 0. The van der Waals surface area contributed by atoms with E-state index in [1.54, 1.807) is 0 Å². The number of ether oxygens (including phenoxy) is 1. The lowest BCUT2D eigenvalue weighted by molar-refractivity contribution is -0.137. The highest BCUT2D eigenvalue weighted by Crippen LogP contribution is 2.10. The van der Waals surface area contributed by atoms with E-state index in [0.717, 1.165) is 12.8 Å². The summed E-state index contributed by atoms with van der Waals surface area (Å²) in [5, 5.41) is 0. The molecule has 0 aliphatic rings. The highest BCUT2D eigenvalue weighted by Gasteiger charge is 1.95. The van der Waals surface area contributed by atoms with Gasteiger partial charge >= 0.3 is 5.97 Å². The Morgan fingerprint density at radius 2 is 1.26 bits per heavy atom. The lowest BCUT2D eigenvalue weighted by atomic mass is 10.1. The molecule has 0 rings (SSSR count). The van der Waals surface area contributed by atoms with Crippen LogP contribution in [0.3, 0.4) is 0 Å². The molecule has 23 heavy (non-hydrogen) atoms. The van der Waals surface area contributed by atoms with E-state index >= 15 is 0 Å². The number of unbranched alkanes of at least 4 members (excludes halogenated alkanes) is 12. The van der Waals surface area contributed by atoms with E-state index < -0.39 is 0 Å². The number of allylic oxidation sites excluding steroid dienone is 2. The van der Waals surface area contributed by atoms with E-state index in [-0.39, 0.29) is 5.97 Å². The van der Waals surface area contributed by atoms with Crippen molar-refractivity contribution in [3.8, 4) is 0 Å². The van der Waals surface area contributed by atoms with Gasteiger partial charge in [0, 0.05) is 6.08 Å². The normalized spacial score (nSPS) is 11.0. The standard InChI is InChI=1S/C21H38O2/c1-3-5-6-7-8-9-10-11-12-13-14-15-16-17-18-19-20-23-21(22)4-2/h4,9-10H,2-3,5-8,11-20H2,1H3/b10-9+. The summed E-state index contributed by atoms with van der Waals surface area (Å²) in [6.07, 6.45) is 24.0. The smallest absolute Gasteiger partial charge is 0.330 e. The third kappa shape index (κ3) is 18.9. The summed E-state index contributed by atoms with van der Waals surface area (Å²) in [6.45, 7) is 6.18. The van der Waals surface area contributed by atoms with Gasteiger partial charge in [0.2, 0.25) is 0 Å². The van der Waals surface area contributed by atoms with E-state index in [0.29, 0.717) is 6.61 Å². The average molecular weight is 323 g/mol. The molecule has 134 valence electrons.